The number of hydrogen-bond acceptors (Lipinski definition) is 3. The third-order valence-corrected chi connectivity index (χ3v) is 4.33. The van der Waals surface area contributed by atoms with Crippen LogP contribution in [-0.4, -0.2) is 5.11 Å². The largest absolute Gasteiger partial charge is 0.392 e. The number of rotatable bonds is 5. The molecule has 90 valence electrons. The van der Waals surface area contributed by atoms with Gasteiger partial charge in [-0.3, -0.25) is 0 Å². The molecular formula is C13H14INOS. The van der Waals surface area contributed by atoms with E-state index in [-0.39, 0.29) is 6.61 Å². The van der Waals surface area contributed by atoms with E-state index >= 15 is 0 Å². The van der Waals surface area contributed by atoms with Crippen molar-refractivity contribution in [2.24, 2.45) is 0 Å². The van der Waals surface area contributed by atoms with Gasteiger partial charge in [-0.05, 0) is 45.9 Å². The van der Waals surface area contributed by atoms with Crippen molar-refractivity contribution in [2.45, 2.75) is 19.7 Å². The third-order valence-electron chi connectivity index (χ3n) is 2.43. The molecule has 0 radical (unpaired) electrons. The van der Waals surface area contributed by atoms with Crippen molar-refractivity contribution < 1.29 is 5.11 Å². The van der Waals surface area contributed by atoms with Crippen molar-refractivity contribution in [3.8, 4) is 0 Å². The maximum absolute atomic E-state index is 9.05. The average molecular weight is 359 g/mol. The van der Waals surface area contributed by atoms with E-state index < -0.39 is 0 Å². The highest BCUT2D eigenvalue weighted by molar-refractivity contribution is 14.1. The lowest BCUT2D eigenvalue weighted by Gasteiger charge is -2.05. The Morgan fingerprint density at radius 1 is 1.12 bits per heavy atom. The molecule has 0 spiro atoms. The molecule has 2 nitrogen and oxygen atoms in total. The van der Waals surface area contributed by atoms with E-state index in [9.17, 15) is 0 Å². The molecule has 2 rings (SSSR count). The second kappa shape index (κ2) is 6.49. The molecule has 0 fully saturated rings. The van der Waals surface area contributed by atoms with Crippen LogP contribution in [0.2, 0.25) is 0 Å². The molecule has 0 aliphatic heterocycles. The van der Waals surface area contributed by atoms with Crippen LogP contribution in [0, 0.1) is 2.88 Å². The highest BCUT2D eigenvalue weighted by atomic mass is 127. The van der Waals surface area contributed by atoms with Crippen LogP contribution in [0.15, 0.2) is 36.4 Å². The smallest absolute Gasteiger partial charge is 0.0681 e. The molecule has 17 heavy (non-hydrogen) atoms. The lowest BCUT2D eigenvalue weighted by Crippen LogP contribution is -2.11. The monoisotopic (exact) mass is 359 g/mol. The lowest BCUT2D eigenvalue weighted by atomic mass is 10.1. The number of hydrogen-bond donors (Lipinski definition) is 2. The Morgan fingerprint density at radius 3 is 2.65 bits per heavy atom. The fourth-order valence-electron chi connectivity index (χ4n) is 1.61. The predicted molar refractivity (Wildman–Crippen MR) is 79.9 cm³/mol. The first-order valence-corrected chi connectivity index (χ1v) is 7.31. The van der Waals surface area contributed by atoms with Crippen LogP contribution >= 0.6 is 33.9 Å². The van der Waals surface area contributed by atoms with Gasteiger partial charge < -0.3 is 10.4 Å². The van der Waals surface area contributed by atoms with Crippen LogP contribution in [0.5, 0.6) is 0 Å². The van der Waals surface area contributed by atoms with Crippen molar-refractivity contribution in [3.63, 3.8) is 0 Å². The van der Waals surface area contributed by atoms with Gasteiger partial charge in [0.1, 0.15) is 0 Å². The van der Waals surface area contributed by atoms with Crippen molar-refractivity contribution in [1.82, 2.24) is 5.32 Å². The van der Waals surface area contributed by atoms with Gasteiger partial charge in [-0.25, -0.2) is 0 Å². The van der Waals surface area contributed by atoms with Gasteiger partial charge in [-0.2, -0.15) is 0 Å². The molecular weight excluding hydrogens is 345 g/mol. The Kier molecular flexibility index (Phi) is 4.97. The van der Waals surface area contributed by atoms with Crippen molar-refractivity contribution in [3.05, 3.63) is 55.3 Å². The highest BCUT2D eigenvalue weighted by Gasteiger charge is 1.98. The summed E-state index contributed by atoms with van der Waals surface area (Å²) in [5, 5.41) is 12.5. The minimum absolute atomic E-state index is 0.108. The maximum Gasteiger partial charge on any atom is 0.0681 e. The third kappa shape index (κ3) is 4.06. The number of halogens is 1. The van der Waals surface area contributed by atoms with Crippen LogP contribution in [-0.2, 0) is 19.7 Å². The van der Waals surface area contributed by atoms with E-state index in [4.69, 9.17) is 5.11 Å². The van der Waals surface area contributed by atoms with E-state index in [0.717, 1.165) is 18.7 Å². The fourth-order valence-corrected chi connectivity index (χ4v) is 3.34. The quantitative estimate of drug-likeness (QED) is 0.804. The van der Waals surface area contributed by atoms with Crippen LogP contribution in [0.1, 0.15) is 16.0 Å². The Bertz CT molecular complexity index is 484. The van der Waals surface area contributed by atoms with E-state index in [1.54, 1.807) is 0 Å². The fraction of sp³-hybridized carbons (Fsp3) is 0.231. The van der Waals surface area contributed by atoms with E-state index in [1.807, 2.05) is 29.5 Å². The summed E-state index contributed by atoms with van der Waals surface area (Å²) in [4.78, 5) is 1.35. The van der Waals surface area contributed by atoms with Crippen LogP contribution in [0.3, 0.4) is 0 Å². The molecule has 0 bridgehead atoms. The molecule has 1 heterocycles. The van der Waals surface area contributed by atoms with Crippen LogP contribution < -0.4 is 5.32 Å². The number of benzene rings is 1. The molecule has 0 saturated heterocycles. The molecule has 1 aromatic carbocycles. The number of thiophene rings is 1. The second-order valence-electron chi connectivity index (χ2n) is 3.79. The Morgan fingerprint density at radius 2 is 1.94 bits per heavy atom. The number of nitrogens with one attached hydrogen (secondary N) is 1. The van der Waals surface area contributed by atoms with Gasteiger partial charge >= 0.3 is 0 Å². The SMILES string of the molecule is OCc1cccc(CNCc2ccc(I)s2)c1. The summed E-state index contributed by atoms with van der Waals surface area (Å²) in [5.41, 5.74) is 2.18. The standard InChI is InChI=1S/C13H14INOS/c14-13-5-4-12(17-13)8-15-7-10-2-1-3-11(6-10)9-16/h1-6,15-16H,7-9H2. The summed E-state index contributed by atoms with van der Waals surface area (Å²) >= 11 is 4.15. The minimum Gasteiger partial charge on any atom is -0.392 e. The molecule has 0 atom stereocenters. The van der Waals surface area contributed by atoms with Gasteiger partial charge in [-0.1, -0.05) is 24.3 Å². The molecule has 0 saturated carbocycles. The minimum atomic E-state index is 0.108. The van der Waals surface area contributed by atoms with Gasteiger partial charge in [0, 0.05) is 18.0 Å². The summed E-state index contributed by atoms with van der Waals surface area (Å²) < 4.78 is 1.32. The zero-order chi connectivity index (χ0) is 12.1. The molecule has 0 unspecified atom stereocenters. The highest BCUT2D eigenvalue weighted by Crippen LogP contribution is 2.17. The van der Waals surface area contributed by atoms with Gasteiger partial charge in [-0.15, -0.1) is 11.3 Å². The lowest BCUT2D eigenvalue weighted by molar-refractivity contribution is 0.281. The predicted octanol–water partition coefficient (Wildman–Crippen LogP) is 3.13. The van der Waals surface area contributed by atoms with E-state index in [0.29, 0.717) is 0 Å². The molecule has 4 heteroatoms. The Hall–Kier alpha value is -0.430. The first-order chi connectivity index (χ1) is 8.28. The molecule has 0 amide bonds. The maximum atomic E-state index is 9.05. The van der Waals surface area contributed by atoms with Gasteiger partial charge in [0.2, 0.25) is 0 Å². The molecule has 2 aromatic rings. The van der Waals surface area contributed by atoms with Crippen LogP contribution in [0.25, 0.3) is 0 Å². The van der Waals surface area contributed by atoms with E-state index in [2.05, 4.69) is 46.1 Å². The van der Waals surface area contributed by atoms with E-state index in [1.165, 1.54) is 13.3 Å². The summed E-state index contributed by atoms with van der Waals surface area (Å²) in [6.45, 7) is 1.84. The average Bonchev–Trinajstić information content (AvgIpc) is 2.75. The number of aliphatic hydroxyl groups is 1. The van der Waals surface area contributed by atoms with Gasteiger partial charge in [0.25, 0.3) is 0 Å². The Labute approximate surface area is 119 Å². The van der Waals surface area contributed by atoms with Crippen molar-refractivity contribution >= 4 is 33.9 Å². The first-order valence-electron chi connectivity index (χ1n) is 5.41. The molecule has 0 aliphatic rings. The summed E-state index contributed by atoms with van der Waals surface area (Å²) in [5.74, 6) is 0. The summed E-state index contributed by atoms with van der Waals surface area (Å²) in [6, 6.07) is 12.3. The van der Waals surface area contributed by atoms with Crippen LogP contribution in [0.4, 0.5) is 0 Å². The van der Waals surface area contributed by atoms with Crippen molar-refractivity contribution in [1.29, 1.82) is 0 Å². The molecule has 2 N–H and O–H groups in total. The summed E-state index contributed by atoms with van der Waals surface area (Å²) in [6.07, 6.45) is 0. The zero-order valence-electron chi connectivity index (χ0n) is 9.32. The first kappa shape index (κ1) is 13.0. The molecule has 0 aliphatic carbocycles. The molecule has 1 aromatic heterocycles. The van der Waals surface area contributed by atoms with Crippen molar-refractivity contribution in [2.75, 3.05) is 0 Å². The topological polar surface area (TPSA) is 32.3 Å². The zero-order valence-corrected chi connectivity index (χ0v) is 12.3. The second-order valence-corrected chi connectivity index (χ2v) is 6.85. The van der Waals surface area contributed by atoms with Gasteiger partial charge in [0.05, 0.1) is 9.49 Å². The Balaban J connectivity index is 1.85. The number of aliphatic hydroxyl groups excluding tert-OH is 1. The van der Waals surface area contributed by atoms with Gasteiger partial charge in [0.15, 0.2) is 0 Å². The summed E-state index contributed by atoms with van der Waals surface area (Å²) in [7, 11) is 0. The normalized spacial score (nSPS) is 10.7.